The molecule has 100 valence electrons. The molecule has 0 aliphatic heterocycles. The van der Waals surface area contributed by atoms with Gasteiger partial charge in [0.2, 0.25) is 0 Å². The minimum atomic E-state index is -4.67. The van der Waals surface area contributed by atoms with E-state index in [1.807, 2.05) is 0 Å². The largest absolute Gasteiger partial charge is 0.394 e. The molecule has 0 spiro atoms. The molecule has 0 radical (unpaired) electrons. The van der Waals surface area contributed by atoms with Crippen LogP contribution in [0.4, 0.5) is 0 Å². The topological polar surface area (TPSA) is 136 Å². The van der Waals surface area contributed by atoms with Gasteiger partial charge in [0.25, 0.3) is 0 Å². The SMILES string of the molecule is CCCS(=O)(=O)On1ccnc1.O=S(=O)(O)O. The second-order valence-electron chi connectivity index (χ2n) is 2.71. The van der Waals surface area contributed by atoms with Gasteiger partial charge in [-0.15, -0.1) is 0 Å². The molecule has 0 fully saturated rings. The summed E-state index contributed by atoms with van der Waals surface area (Å²) in [5.74, 6) is 0.0190. The van der Waals surface area contributed by atoms with Crippen molar-refractivity contribution in [1.82, 2.24) is 9.71 Å². The number of aromatic nitrogens is 2. The monoisotopic (exact) mass is 288 g/mol. The van der Waals surface area contributed by atoms with Crippen LogP contribution in [0.5, 0.6) is 0 Å². The second kappa shape index (κ2) is 6.54. The van der Waals surface area contributed by atoms with Crippen molar-refractivity contribution in [3.8, 4) is 0 Å². The maximum Gasteiger partial charge on any atom is 0.394 e. The van der Waals surface area contributed by atoms with Crippen LogP contribution in [0.3, 0.4) is 0 Å². The van der Waals surface area contributed by atoms with Gasteiger partial charge in [0.05, 0.1) is 11.9 Å². The zero-order valence-electron chi connectivity index (χ0n) is 8.79. The lowest BCUT2D eigenvalue weighted by atomic mass is 10.6. The average Bonchev–Trinajstić information content (AvgIpc) is 2.51. The number of hydrogen-bond acceptors (Lipinski definition) is 6. The lowest BCUT2D eigenvalue weighted by Crippen LogP contribution is -2.21. The number of rotatable bonds is 4. The maximum atomic E-state index is 11.0. The van der Waals surface area contributed by atoms with E-state index >= 15 is 0 Å². The van der Waals surface area contributed by atoms with Crippen molar-refractivity contribution in [1.29, 1.82) is 0 Å². The van der Waals surface area contributed by atoms with Gasteiger partial charge in [-0.05, 0) is 6.42 Å². The van der Waals surface area contributed by atoms with Crippen LogP contribution in [0.2, 0.25) is 0 Å². The molecule has 0 unspecified atom stereocenters. The van der Waals surface area contributed by atoms with Crippen LogP contribution >= 0.6 is 0 Å². The van der Waals surface area contributed by atoms with E-state index in [1.165, 1.54) is 18.7 Å². The number of imidazole rings is 1. The third-order valence-corrected chi connectivity index (χ3v) is 2.44. The molecule has 9 nitrogen and oxygen atoms in total. The summed E-state index contributed by atoms with van der Waals surface area (Å²) in [4.78, 5) is 3.64. The molecule has 0 amide bonds. The Balaban J connectivity index is 0.000000437. The Morgan fingerprint density at radius 2 is 1.82 bits per heavy atom. The fourth-order valence-corrected chi connectivity index (χ4v) is 1.63. The standard InChI is InChI=1S/C6H10N2O3S.H2O4S/c1-2-5-12(9,10)11-8-4-3-7-6-8;1-5(2,3)4/h3-4,6H,2,5H2,1H3;(H2,1,2,3,4). The molecule has 1 aromatic rings. The van der Waals surface area contributed by atoms with Gasteiger partial charge in [0.1, 0.15) is 6.33 Å². The van der Waals surface area contributed by atoms with Crippen LogP contribution in [-0.2, 0) is 20.5 Å². The Morgan fingerprint density at radius 1 is 1.29 bits per heavy atom. The van der Waals surface area contributed by atoms with E-state index < -0.39 is 20.5 Å². The lowest BCUT2D eigenvalue weighted by molar-refractivity contribution is 0.278. The van der Waals surface area contributed by atoms with Crippen molar-refractivity contribution < 1.29 is 30.2 Å². The average molecular weight is 288 g/mol. The third kappa shape index (κ3) is 11.1. The first-order valence-electron chi connectivity index (χ1n) is 4.24. The van der Waals surface area contributed by atoms with Gasteiger partial charge in [-0.2, -0.15) is 21.6 Å². The van der Waals surface area contributed by atoms with E-state index in [-0.39, 0.29) is 5.75 Å². The third-order valence-electron chi connectivity index (χ3n) is 1.13. The Kier molecular flexibility index (Phi) is 6.09. The highest BCUT2D eigenvalue weighted by molar-refractivity contribution is 7.86. The van der Waals surface area contributed by atoms with E-state index in [4.69, 9.17) is 17.5 Å². The van der Waals surface area contributed by atoms with Crippen LogP contribution in [-0.4, -0.2) is 41.4 Å². The van der Waals surface area contributed by atoms with Crippen LogP contribution < -0.4 is 4.28 Å². The molecule has 1 rings (SSSR count). The van der Waals surface area contributed by atoms with E-state index in [1.54, 1.807) is 6.92 Å². The van der Waals surface area contributed by atoms with E-state index in [0.29, 0.717) is 6.42 Å². The number of hydrogen-bond donors (Lipinski definition) is 2. The lowest BCUT2D eigenvalue weighted by Gasteiger charge is -2.03. The highest BCUT2D eigenvalue weighted by atomic mass is 32.3. The zero-order valence-corrected chi connectivity index (χ0v) is 10.4. The van der Waals surface area contributed by atoms with Crippen LogP contribution in [0.15, 0.2) is 18.7 Å². The van der Waals surface area contributed by atoms with Gasteiger partial charge in [-0.25, -0.2) is 4.98 Å². The summed E-state index contributed by atoms with van der Waals surface area (Å²) in [5, 5.41) is 0. The van der Waals surface area contributed by atoms with E-state index in [2.05, 4.69) is 9.27 Å². The fourth-order valence-electron chi connectivity index (χ4n) is 0.709. The van der Waals surface area contributed by atoms with Crippen LogP contribution in [0.1, 0.15) is 13.3 Å². The smallest absolute Gasteiger partial charge is 0.286 e. The molecule has 2 N–H and O–H groups in total. The molecule has 1 aromatic heterocycles. The van der Waals surface area contributed by atoms with E-state index in [9.17, 15) is 8.42 Å². The number of nitrogens with zero attached hydrogens (tertiary/aromatic N) is 2. The first kappa shape index (κ1) is 15.8. The molecule has 0 aliphatic carbocycles. The van der Waals surface area contributed by atoms with Gasteiger partial charge in [0, 0.05) is 6.20 Å². The van der Waals surface area contributed by atoms with Gasteiger partial charge in [-0.1, -0.05) is 6.92 Å². The zero-order chi connectivity index (χ0) is 13.5. The molecule has 0 saturated heterocycles. The summed E-state index contributed by atoms with van der Waals surface area (Å²) in [7, 11) is -8.10. The highest BCUT2D eigenvalue weighted by Crippen LogP contribution is 1.92. The Morgan fingerprint density at radius 3 is 2.18 bits per heavy atom. The predicted octanol–water partition coefficient (Wildman–Crippen LogP) is -0.601. The van der Waals surface area contributed by atoms with Crippen LogP contribution in [0.25, 0.3) is 0 Å². The van der Waals surface area contributed by atoms with Gasteiger partial charge >= 0.3 is 20.5 Å². The highest BCUT2D eigenvalue weighted by Gasteiger charge is 2.10. The van der Waals surface area contributed by atoms with Crippen molar-refractivity contribution in [2.75, 3.05) is 5.75 Å². The summed E-state index contributed by atoms with van der Waals surface area (Å²) >= 11 is 0. The van der Waals surface area contributed by atoms with Crippen molar-refractivity contribution in [3.63, 3.8) is 0 Å². The quantitative estimate of drug-likeness (QED) is 0.701. The minimum Gasteiger partial charge on any atom is -0.286 e. The Labute approximate surface area is 98.7 Å². The summed E-state index contributed by atoms with van der Waals surface area (Å²) in [6.45, 7) is 1.77. The fraction of sp³-hybridized carbons (Fsp3) is 0.500. The predicted molar refractivity (Wildman–Crippen MR) is 57.1 cm³/mol. The molecule has 0 bridgehead atoms. The van der Waals surface area contributed by atoms with Gasteiger partial charge in [-0.3, -0.25) is 13.4 Å². The van der Waals surface area contributed by atoms with Crippen molar-refractivity contribution in [2.24, 2.45) is 0 Å². The van der Waals surface area contributed by atoms with Crippen molar-refractivity contribution in [3.05, 3.63) is 18.7 Å². The van der Waals surface area contributed by atoms with Gasteiger partial charge in [0.15, 0.2) is 0 Å². The van der Waals surface area contributed by atoms with Gasteiger partial charge < -0.3 is 0 Å². The summed E-state index contributed by atoms with van der Waals surface area (Å²) in [6, 6.07) is 0. The molecule has 17 heavy (non-hydrogen) atoms. The second-order valence-corrected chi connectivity index (χ2v) is 5.28. The molecular weight excluding hydrogens is 276 g/mol. The molecule has 0 aromatic carbocycles. The van der Waals surface area contributed by atoms with Crippen LogP contribution in [0, 0.1) is 0 Å². The normalized spacial score (nSPS) is 11.5. The summed E-state index contributed by atoms with van der Waals surface area (Å²) < 4.78 is 59.3. The first-order chi connectivity index (χ1) is 7.64. The van der Waals surface area contributed by atoms with Crippen molar-refractivity contribution in [2.45, 2.75) is 13.3 Å². The minimum absolute atomic E-state index is 0.0190. The Hall–Kier alpha value is -1.17. The molecule has 0 aliphatic rings. The molecule has 1 heterocycles. The van der Waals surface area contributed by atoms with Crippen molar-refractivity contribution >= 4 is 20.5 Å². The van der Waals surface area contributed by atoms with E-state index in [0.717, 1.165) is 4.73 Å². The maximum absolute atomic E-state index is 11.0. The molecular formula is C6H12N2O7S2. The Bertz CT molecular complexity index is 497. The summed E-state index contributed by atoms with van der Waals surface area (Å²) in [5.41, 5.74) is 0. The molecule has 11 heteroatoms. The molecule has 0 saturated carbocycles. The summed E-state index contributed by atoms with van der Waals surface area (Å²) in [6.07, 6.45) is 4.69. The molecule has 0 atom stereocenters. The first-order valence-corrected chi connectivity index (χ1v) is 7.22.